The summed E-state index contributed by atoms with van der Waals surface area (Å²) >= 11 is 0. The van der Waals surface area contributed by atoms with Crippen molar-refractivity contribution >= 4 is 6.29 Å². The van der Waals surface area contributed by atoms with Gasteiger partial charge in [-0.3, -0.25) is 4.79 Å². The van der Waals surface area contributed by atoms with Gasteiger partial charge >= 0.3 is 0 Å². The van der Waals surface area contributed by atoms with Crippen molar-refractivity contribution in [3.63, 3.8) is 0 Å². The zero-order chi connectivity index (χ0) is 13.0. The van der Waals surface area contributed by atoms with Gasteiger partial charge in [0.05, 0.1) is 5.56 Å². The van der Waals surface area contributed by atoms with E-state index in [1.807, 2.05) is 0 Å². The van der Waals surface area contributed by atoms with Gasteiger partial charge in [-0.2, -0.15) is 5.26 Å². The number of ether oxygens (including phenoxy) is 1. The average Bonchev–Trinajstić information content (AvgIpc) is 2.41. The van der Waals surface area contributed by atoms with Crippen LogP contribution in [0, 0.1) is 17.2 Å². The third-order valence-electron chi connectivity index (χ3n) is 3.57. The molecular weight excluding hydrogens is 226 g/mol. The highest BCUT2D eigenvalue weighted by atomic mass is 16.5. The molecule has 0 spiro atoms. The van der Waals surface area contributed by atoms with E-state index in [4.69, 9.17) is 10.00 Å². The molecular formula is C15H17NO2. The number of carbonyl (C=O) groups excluding carboxylic acids is 1. The first-order valence-electron chi connectivity index (χ1n) is 6.40. The lowest BCUT2D eigenvalue weighted by atomic mass is 9.88. The number of benzene rings is 1. The molecule has 0 aliphatic heterocycles. The van der Waals surface area contributed by atoms with Crippen molar-refractivity contribution in [2.45, 2.75) is 38.7 Å². The highest BCUT2D eigenvalue weighted by Gasteiger charge is 2.23. The van der Waals surface area contributed by atoms with E-state index in [2.05, 4.69) is 13.0 Å². The van der Waals surface area contributed by atoms with Crippen molar-refractivity contribution in [2.24, 2.45) is 5.92 Å². The molecule has 0 N–H and O–H groups in total. The van der Waals surface area contributed by atoms with Gasteiger partial charge in [-0.15, -0.1) is 0 Å². The van der Waals surface area contributed by atoms with Crippen LogP contribution in [0.4, 0.5) is 0 Å². The van der Waals surface area contributed by atoms with E-state index in [9.17, 15) is 4.79 Å². The fraction of sp³-hybridized carbons (Fsp3) is 0.467. The summed E-state index contributed by atoms with van der Waals surface area (Å²) in [6.07, 6.45) is 5.60. The van der Waals surface area contributed by atoms with Crippen LogP contribution in [0.3, 0.4) is 0 Å². The quantitative estimate of drug-likeness (QED) is 0.765. The number of nitrogens with zero attached hydrogens (tertiary/aromatic N) is 1. The predicted octanol–water partition coefficient (Wildman–Crippen LogP) is 3.33. The molecule has 18 heavy (non-hydrogen) atoms. The molecule has 1 aliphatic carbocycles. The van der Waals surface area contributed by atoms with E-state index in [-0.39, 0.29) is 6.10 Å². The van der Waals surface area contributed by atoms with E-state index >= 15 is 0 Å². The van der Waals surface area contributed by atoms with Crippen molar-refractivity contribution in [2.75, 3.05) is 0 Å². The maximum atomic E-state index is 10.7. The molecule has 1 aromatic carbocycles. The summed E-state index contributed by atoms with van der Waals surface area (Å²) in [6, 6.07) is 7.09. The van der Waals surface area contributed by atoms with Gasteiger partial charge in [-0.1, -0.05) is 13.3 Å². The second kappa shape index (κ2) is 5.68. The molecule has 0 amide bonds. The number of nitriles is 1. The van der Waals surface area contributed by atoms with Crippen molar-refractivity contribution in [3.8, 4) is 11.8 Å². The Balaban J connectivity index is 2.18. The Morgan fingerprint density at radius 3 is 2.83 bits per heavy atom. The average molecular weight is 243 g/mol. The van der Waals surface area contributed by atoms with Gasteiger partial charge in [-0.25, -0.2) is 0 Å². The third kappa shape index (κ3) is 2.70. The first kappa shape index (κ1) is 12.6. The summed E-state index contributed by atoms with van der Waals surface area (Å²) in [6.45, 7) is 2.19. The topological polar surface area (TPSA) is 50.1 Å². The van der Waals surface area contributed by atoms with Crippen molar-refractivity contribution in [1.29, 1.82) is 5.26 Å². The zero-order valence-electron chi connectivity index (χ0n) is 10.6. The molecule has 0 aromatic heterocycles. The van der Waals surface area contributed by atoms with Gasteiger partial charge in [0, 0.05) is 5.56 Å². The summed E-state index contributed by atoms with van der Waals surface area (Å²) < 4.78 is 5.95. The molecule has 2 atom stereocenters. The van der Waals surface area contributed by atoms with Crippen molar-refractivity contribution in [1.82, 2.24) is 0 Å². The normalized spacial score (nSPS) is 23.1. The van der Waals surface area contributed by atoms with Crippen LogP contribution in [0.25, 0.3) is 0 Å². The molecule has 0 saturated heterocycles. The number of carbonyl (C=O) groups is 1. The highest BCUT2D eigenvalue weighted by molar-refractivity contribution is 5.76. The van der Waals surface area contributed by atoms with E-state index in [0.29, 0.717) is 22.8 Å². The van der Waals surface area contributed by atoms with Crippen LogP contribution in [-0.2, 0) is 0 Å². The molecule has 1 aromatic rings. The summed E-state index contributed by atoms with van der Waals surface area (Å²) in [4.78, 5) is 10.7. The maximum absolute atomic E-state index is 10.7. The lowest BCUT2D eigenvalue weighted by molar-refractivity contribution is 0.102. The van der Waals surface area contributed by atoms with Crippen molar-refractivity contribution < 1.29 is 9.53 Å². The smallest absolute Gasteiger partial charge is 0.150 e. The van der Waals surface area contributed by atoms with E-state index in [1.165, 1.54) is 19.3 Å². The molecule has 0 heterocycles. The van der Waals surface area contributed by atoms with Crippen LogP contribution in [-0.4, -0.2) is 12.4 Å². The number of hydrogen-bond acceptors (Lipinski definition) is 3. The lowest BCUT2D eigenvalue weighted by Crippen LogP contribution is -2.28. The molecule has 0 radical (unpaired) electrons. The Morgan fingerprint density at radius 1 is 1.39 bits per heavy atom. The van der Waals surface area contributed by atoms with E-state index in [1.54, 1.807) is 18.2 Å². The van der Waals surface area contributed by atoms with E-state index < -0.39 is 0 Å². The van der Waals surface area contributed by atoms with Crippen LogP contribution in [0.15, 0.2) is 18.2 Å². The van der Waals surface area contributed by atoms with Crippen LogP contribution in [0.2, 0.25) is 0 Å². The molecule has 94 valence electrons. The highest BCUT2D eigenvalue weighted by Crippen LogP contribution is 2.29. The largest absolute Gasteiger partial charge is 0.489 e. The minimum Gasteiger partial charge on any atom is -0.489 e. The molecule has 3 nitrogen and oxygen atoms in total. The molecule has 1 saturated carbocycles. The summed E-state index contributed by atoms with van der Waals surface area (Å²) in [5, 5.41) is 9.09. The number of aldehydes is 1. The van der Waals surface area contributed by atoms with Gasteiger partial charge in [-0.05, 0) is 43.4 Å². The predicted molar refractivity (Wildman–Crippen MR) is 68.6 cm³/mol. The van der Waals surface area contributed by atoms with Gasteiger partial charge in [0.15, 0.2) is 0 Å². The molecule has 0 bridgehead atoms. The summed E-state index contributed by atoms with van der Waals surface area (Å²) in [5.74, 6) is 1.12. The standard InChI is InChI=1S/C15H17NO2/c1-11-4-2-3-5-14(11)18-15-7-6-12(10-17)8-13(15)9-16/h6-8,10-11,14H,2-5H2,1H3. The Bertz CT molecular complexity index is 476. The second-order valence-corrected chi connectivity index (χ2v) is 4.90. The van der Waals surface area contributed by atoms with Gasteiger partial charge in [0.25, 0.3) is 0 Å². The molecule has 1 fully saturated rings. The lowest BCUT2D eigenvalue weighted by Gasteiger charge is -2.29. The van der Waals surface area contributed by atoms with Crippen LogP contribution in [0.5, 0.6) is 5.75 Å². The Labute approximate surface area is 107 Å². The number of rotatable bonds is 3. The van der Waals surface area contributed by atoms with Gasteiger partial charge in [0.1, 0.15) is 24.2 Å². The fourth-order valence-electron chi connectivity index (χ4n) is 2.43. The summed E-state index contributed by atoms with van der Waals surface area (Å²) in [7, 11) is 0. The molecule has 3 heteroatoms. The summed E-state index contributed by atoms with van der Waals surface area (Å²) in [5.41, 5.74) is 0.952. The molecule has 2 unspecified atom stereocenters. The Hall–Kier alpha value is -1.82. The van der Waals surface area contributed by atoms with Gasteiger partial charge in [0.2, 0.25) is 0 Å². The first-order chi connectivity index (χ1) is 8.74. The Kier molecular flexibility index (Phi) is 3.99. The fourth-order valence-corrected chi connectivity index (χ4v) is 2.43. The molecule has 2 rings (SSSR count). The SMILES string of the molecule is CC1CCCCC1Oc1ccc(C=O)cc1C#N. The van der Waals surface area contributed by atoms with Crippen molar-refractivity contribution in [3.05, 3.63) is 29.3 Å². The minimum absolute atomic E-state index is 0.188. The second-order valence-electron chi connectivity index (χ2n) is 4.90. The monoisotopic (exact) mass is 243 g/mol. The van der Waals surface area contributed by atoms with Crippen LogP contribution >= 0.6 is 0 Å². The maximum Gasteiger partial charge on any atom is 0.150 e. The van der Waals surface area contributed by atoms with E-state index in [0.717, 1.165) is 12.7 Å². The minimum atomic E-state index is 0.188. The van der Waals surface area contributed by atoms with Crippen LogP contribution < -0.4 is 4.74 Å². The molecule has 1 aliphatic rings. The Morgan fingerprint density at radius 2 is 2.17 bits per heavy atom. The third-order valence-corrected chi connectivity index (χ3v) is 3.57. The van der Waals surface area contributed by atoms with Crippen LogP contribution in [0.1, 0.15) is 48.5 Å². The zero-order valence-corrected chi connectivity index (χ0v) is 10.6. The van der Waals surface area contributed by atoms with Gasteiger partial charge < -0.3 is 4.74 Å². The first-order valence-corrected chi connectivity index (χ1v) is 6.40. The number of hydrogen-bond donors (Lipinski definition) is 0.